The number of nitrogens with zero attached hydrogens (tertiary/aromatic N) is 3. The monoisotopic (exact) mass is 307 g/mol. The second kappa shape index (κ2) is 6.32. The van der Waals surface area contributed by atoms with Gasteiger partial charge in [-0.3, -0.25) is 5.10 Å². The summed E-state index contributed by atoms with van der Waals surface area (Å²) in [6.45, 7) is 5.27. The first-order chi connectivity index (χ1) is 10.2. The Hall–Kier alpha value is -1.79. The molecular formula is C14H18ClN5O. The van der Waals surface area contributed by atoms with Gasteiger partial charge in [-0.15, -0.1) is 5.10 Å². The van der Waals surface area contributed by atoms with Crippen LogP contribution in [0, 0.1) is 0 Å². The summed E-state index contributed by atoms with van der Waals surface area (Å²) in [5, 5.41) is 11.2. The minimum atomic E-state index is 0.342. The van der Waals surface area contributed by atoms with Gasteiger partial charge in [0.1, 0.15) is 12.4 Å². The van der Waals surface area contributed by atoms with Crippen molar-refractivity contribution in [1.82, 2.24) is 20.5 Å². The second-order valence-electron chi connectivity index (χ2n) is 5.13. The second-order valence-corrected chi connectivity index (χ2v) is 5.57. The Morgan fingerprint density at radius 2 is 2.38 bits per heavy atom. The Balaban J connectivity index is 1.60. The van der Waals surface area contributed by atoms with Gasteiger partial charge in [-0.05, 0) is 25.1 Å². The lowest BCUT2D eigenvalue weighted by molar-refractivity contribution is 0.296. The molecule has 0 saturated carbocycles. The van der Waals surface area contributed by atoms with E-state index in [-0.39, 0.29) is 0 Å². The van der Waals surface area contributed by atoms with Crippen molar-refractivity contribution in [3.8, 4) is 5.75 Å². The molecule has 0 amide bonds. The van der Waals surface area contributed by atoms with E-state index in [9.17, 15) is 0 Å². The first-order valence-electron chi connectivity index (χ1n) is 6.99. The summed E-state index contributed by atoms with van der Waals surface area (Å²) >= 11 is 5.92. The number of nitrogens with one attached hydrogen (secondary N) is 2. The summed E-state index contributed by atoms with van der Waals surface area (Å²) in [7, 11) is 0. The summed E-state index contributed by atoms with van der Waals surface area (Å²) in [5.41, 5.74) is 0. The van der Waals surface area contributed by atoms with Crippen molar-refractivity contribution in [3.63, 3.8) is 0 Å². The highest BCUT2D eigenvalue weighted by molar-refractivity contribution is 6.30. The predicted molar refractivity (Wildman–Crippen MR) is 81.8 cm³/mol. The molecular weight excluding hydrogens is 290 g/mol. The van der Waals surface area contributed by atoms with E-state index in [2.05, 4.69) is 32.3 Å². The number of hydrogen-bond donors (Lipinski definition) is 2. The molecule has 21 heavy (non-hydrogen) atoms. The van der Waals surface area contributed by atoms with Crippen molar-refractivity contribution < 1.29 is 4.74 Å². The Labute approximate surface area is 128 Å². The summed E-state index contributed by atoms with van der Waals surface area (Å²) in [6, 6.07) is 7.75. The molecule has 0 radical (unpaired) electrons. The Morgan fingerprint density at radius 1 is 1.48 bits per heavy atom. The van der Waals surface area contributed by atoms with Crippen LogP contribution in [-0.2, 0) is 6.61 Å². The number of benzene rings is 1. The van der Waals surface area contributed by atoms with E-state index in [0.717, 1.165) is 31.3 Å². The van der Waals surface area contributed by atoms with E-state index < -0.39 is 0 Å². The number of ether oxygens (including phenoxy) is 1. The molecule has 2 heterocycles. The van der Waals surface area contributed by atoms with Crippen LogP contribution >= 0.6 is 11.6 Å². The molecule has 2 N–H and O–H groups in total. The molecule has 112 valence electrons. The molecule has 0 spiro atoms. The van der Waals surface area contributed by atoms with E-state index >= 15 is 0 Å². The standard InChI is InChI=1S/C14H18ClN5O/c1-10-8-20(6-5-16-10)14-17-13(18-19-14)9-21-12-4-2-3-11(15)7-12/h2-4,7,10,16H,5-6,8-9H2,1H3,(H,17,18,19). The normalized spacial score (nSPS) is 18.8. The number of hydrogen-bond acceptors (Lipinski definition) is 5. The zero-order chi connectivity index (χ0) is 14.7. The maximum atomic E-state index is 5.92. The fourth-order valence-corrected chi connectivity index (χ4v) is 2.49. The van der Waals surface area contributed by atoms with Crippen molar-refractivity contribution in [3.05, 3.63) is 35.1 Å². The molecule has 0 bridgehead atoms. The third-order valence-corrected chi connectivity index (χ3v) is 3.58. The summed E-state index contributed by atoms with van der Waals surface area (Å²) in [5.74, 6) is 2.15. The average Bonchev–Trinajstić information content (AvgIpc) is 2.94. The number of rotatable bonds is 4. The van der Waals surface area contributed by atoms with Crippen LogP contribution in [0.4, 0.5) is 5.95 Å². The van der Waals surface area contributed by atoms with Crippen LogP contribution in [0.1, 0.15) is 12.7 Å². The molecule has 1 fully saturated rings. The average molecular weight is 308 g/mol. The van der Waals surface area contributed by atoms with E-state index in [1.807, 2.05) is 18.2 Å². The van der Waals surface area contributed by atoms with Crippen LogP contribution in [0.15, 0.2) is 24.3 Å². The van der Waals surface area contributed by atoms with E-state index in [1.54, 1.807) is 6.07 Å². The number of anilines is 1. The Kier molecular flexibility index (Phi) is 4.26. The summed E-state index contributed by atoms with van der Waals surface area (Å²) in [6.07, 6.45) is 0. The quantitative estimate of drug-likeness (QED) is 0.902. The van der Waals surface area contributed by atoms with Gasteiger partial charge in [-0.25, -0.2) is 0 Å². The number of H-pyrrole nitrogens is 1. The molecule has 6 nitrogen and oxygen atoms in total. The minimum Gasteiger partial charge on any atom is -0.486 e. The van der Waals surface area contributed by atoms with Crippen LogP contribution in [0.3, 0.4) is 0 Å². The lowest BCUT2D eigenvalue weighted by Gasteiger charge is -2.30. The molecule has 1 aliphatic heterocycles. The highest BCUT2D eigenvalue weighted by Gasteiger charge is 2.19. The summed E-state index contributed by atoms with van der Waals surface area (Å²) < 4.78 is 5.65. The van der Waals surface area contributed by atoms with Crippen LogP contribution in [-0.4, -0.2) is 40.9 Å². The third-order valence-electron chi connectivity index (χ3n) is 3.34. The van der Waals surface area contributed by atoms with Crippen molar-refractivity contribution >= 4 is 17.5 Å². The number of piperazine rings is 1. The maximum absolute atomic E-state index is 5.92. The SMILES string of the molecule is CC1CN(c2n[nH]c(COc3cccc(Cl)c3)n2)CCN1. The Bertz CT molecular complexity index is 603. The van der Waals surface area contributed by atoms with Crippen molar-refractivity contribution in [2.75, 3.05) is 24.5 Å². The van der Waals surface area contributed by atoms with Crippen molar-refractivity contribution in [2.45, 2.75) is 19.6 Å². The molecule has 2 aromatic rings. The molecule has 7 heteroatoms. The maximum Gasteiger partial charge on any atom is 0.244 e. The van der Waals surface area contributed by atoms with Gasteiger partial charge in [-0.2, -0.15) is 4.98 Å². The van der Waals surface area contributed by atoms with Gasteiger partial charge >= 0.3 is 0 Å². The lowest BCUT2D eigenvalue weighted by Crippen LogP contribution is -2.49. The van der Waals surface area contributed by atoms with E-state index in [0.29, 0.717) is 23.5 Å². The third kappa shape index (κ3) is 3.65. The molecule has 0 aliphatic carbocycles. The van der Waals surface area contributed by atoms with Gasteiger partial charge in [0.05, 0.1) is 0 Å². The molecule has 1 unspecified atom stereocenters. The highest BCUT2D eigenvalue weighted by atomic mass is 35.5. The van der Waals surface area contributed by atoms with Crippen LogP contribution in [0.25, 0.3) is 0 Å². The van der Waals surface area contributed by atoms with E-state index in [1.165, 1.54) is 0 Å². The fraction of sp³-hybridized carbons (Fsp3) is 0.429. The zero-order valence-electron chi connectivity index (χ0n) is 11.8. The molecule has 1 saturated heterocycles. The fourth-order valence-electron chi connectivity index (χ4n) is 2.31. The largest absolute Gasteiger partial charge is 0.486 e. The van der Waals surface area contributed by atoms with Crippen LogP contribution in [0.2, 0.25) is 5.02 Å². The molecule has 1 atom stereocenters. The number of aromatic nitrogens is 3. The number of halogens is 1. The predicted octanol–water partition coefficient (Wildman–Crippen LogP) is 1.84. The summed E-state index contributed by atoms with van der Waals surface area (Å²) in [4.78, 5) is 6.65. The molecule has 1 aliphatic rings. The van der Waals surface area contributed by atoms with Crippen LogP contribution in [0.5, 0.6) is 5.75 Å². The molecule has 3 rings (SSSR count). The van der Waals surface area contributed by atoms with Crippen LogP contribution < -0.4 is 15.0 Å². The van der Waals surface area contributed by atoms with Crippen molar-refractivity contribution in [2.24, 2.45) is 0 Å². The first-order valence-corrected chi connectivity index (χ1v) is 7.36. The smallest absolute Gasteiger partial charge is 0.244 e. The van der Waals surface area contributed by atoms with Crippen molar-refractivity contribution in [1.29, 1.82) is 0 Å². The topological polar surface area (TPSA) is 66.1 Å². The minimum absolute atomic E-state index is 0.342. The van der Waals surface area contributed by atoms with Gasteiger partial charge in [0, 0.05) is 30.7 Å². The zero-order valence-corrected chi connectivity index (χ0v) is 12.6. The van der Waals surface area contributed by atoms with Gasteiger partial charge < -0.3 is 15.0 Å². The van der Waals surface area contributed by atoms with Gasteiger partial charge in [0.15, 0.2) is 5.82 Å². The first kappa shape index (κ1) is 14.2. The van der Waals surface area contributed by atoms with Gasteiger partial charge in [-0.1, -0.05) is 17.7 Å². The molecule has 1 aromatic heterocycles. The van der Waals surface area contributed by atoms with E-state index in [4.69, 9.17) is 16.3 Å². The highest BCUT2D eigenvalue weighted by Crippen LogP contribution is 2.18. The lowest BCUT2D eigenvalue weighted by atomic mass is 10.2. The van der Waals surface area contributed by atoms with Gasteiger partial charge in [0.25, 0.3) is 0 Å². The molecule has 1 aromatic carbocycles. The Morgan fingerprint density at radius 3 is 3.19 bits per heavy atom. The van der Waals surface area contributed by atoms with Gasteiger partial charge in [0.2, 0.25) is 5.95 Å². The number of aromatic amines is 1.